The molecule has 5 rings (SSSR count). The predicted molar refractivity (Wildman–Crippen MR) is 69.1 cm³/mol. The summed E-state index contributed by atoms with van der Waals surface area (Å²) in [5.41, 5.74) is 0.0787. The van der Waals surface area contributed by atoms with Crippen LogP contribution in [0.2, 0.25) is 0 Å². The Labute approximate surface area is 109 Å². The first kappa shape index (κ1) is 11.3. The van der Waals surface area contributed by atoms with E-state index in [4.69, 9.17) is 0 Å². The molecule has 0 aromatic heterocycles. The number of hydrogen-bond acceptors (Lipinski definition) is 1. The van der Waals surface area contributed by atoms with Crippen molar-refractivity contribution in [2.75, 3.05) is 0 Å². The van der Waals surface area contributed by atoms with Crippen LogP contribution in [0.25, 0.3) is 0 Å². The maximum Gasteiger partial charge on any atom is 0.309 e. The molecule has 100 valence electrons. The normalized spacial score (nSPS) is 49.1. The zero-order valence-electron chi connectivity index (χ0n) is 11.3. The average Bonchev–Trinajstić information content (AvgIpc) is 3.07. The molecule has 0 amide bonds. The van der Waals surface area contributed by atoms with Crippen molar-refractivity contribution in [3.05, 3.63) is 0 Å². The Morgan fingerprint density at radius 3 is 1.83 bits per heavy atom. The Hall–Kier alpha value is -0.530. The molecule has 5 saturated carbocycles. The Morgan fingerprint density at radius 2 is 1.50 bits per heavy atom. The lowest BCUT2D eigenvalue weighted by Gasteiger charge is -2.60. The Bertz CT molecular complexity index is 359. The number of carboxylic acids is 1. The molecular weight excluding hydrogens is 224 g/mol. The highest BCUT2D eigenvalue weighted by Gasteiger charge is 2.63. The molecule has 2 nitrogen and oxygen atoms in total. The molecule has 0 aromatic carbocycles. The van der Waals surface area contributed by atoms with Crippen molar-refractivity contribution in [2.24, 2.45) is 34.5 Å². The molecule has 0 heterocycles. The zero-order valence-corrected chi connectivity index (χ0v) is 11.3. The van der Waals surface area contributed by atoms with Gasteiger partial charge in [0.2, 0.25) is 0 Å². The number of rotatable bonds is 3. The molecule has 5 aliphatic rings. The van der Waals surface area contributed by atoms with Crippen molar-refractivity contribution >= 4 is 5.97 Å². The van der Waals surface area contributed by atoms with Crippen LogP contribution in [0.4, 0.5) is 0 Å². The van der Waals surface area contributed by atoms with E-state index < -0.39 is 5.97 Å². The number of carboxylic acid groups (broad SMARTS) is 1. The van der Waals surface area contributed by atoms with Gasteiger partial charge in [-0.3, -0.25) is 4.79 Å². The SMILES string of the molecule is CC(C12CC3CC(CC(C3)C1)C2)C1(C(=O)O)CC1. The van der Waals surface area contributed by atoms with E-state index in [-0.39, 0.29) is 5.41 Å². The first-order valence-electron chi connectivity index (χ1n) is 7.77. The van der Waals surface area contributed by atoms with Crippen LogP contribution < -0.4 is 0 Å². The lowest BCUT2D eigenvalue weighted by molar-refractivity contribution is -0.155. The Balaban J connectivity index is 1.66. The summed E-state index contributed by atoms with van der Waals surface area (Å²) < 4.78 is 0. The zero-order chi connectivity index (χ0) is 12.5. The molecule has 2 heteroatoms. The van der Waals surface area contributed by atoms with E-state index in [0.29, 0.717) is 11.3 Å². The topological polar surface area (TPSA) is 37.3 Å². The summed E-state index contributed by atoms with van der Waals surface area (Å²) in [5.74, 6) is 2.71. The number of carbonyl (C=O) groups is 1. The van der Waals surface area contributed by atoms with Gasteiger partial charge in [-0.05, 0) is 80.5 Å². The highest BCUT2D eigenvalue weighted by atomic mass is 16.4. The van der Waals surface area contributed by atoms with E-state index in [1.54, 1.807) is 0 Å². The van der Waals surface area contributed by atoms with Crippen LogP contribution in [0.3, 0.4) is 0 Å². The minimum absolute atomic E-state index is 0.328. The number of hydrogen-bond donors (Lipinski definition) is 1. The average molecular weight is 248 g/mol. The quantitative estimate of drug-likeness (QED) is 0.826. The highest BCUT2D eigenvalue weighted by Crippen LogP contribution is 2.68. The van der Waals surface area contributed by atoms with E-state index in [1.807, 2.05) is 0 Å². The van der Waals surface area contributed by atoms with Crippen molar-refractivity contribution in [3.63, 3.8) is 0 Å². The monoisotopic (exact) mass is 248 g/mol. The molecule has 5 aliphatic carbocycles. The van der Waals surface area contributed by atoms with E-state index >= 15 is 0 Å². The summed E-state index contributed by atoms with van der Waals surface area (Å²) >= 11 is 0. The van der Waals surface area contributed by atoms with Crippen molar-refractivity contribution in [1.82, 2.24) is 0 Å². The van der Waals surface area contributed by atoms with Gasteiger partial charge in [-0.15, -0.1) is 0 Å². The van der Waals surface area contributed by atoms with Gasteiger partial charge >= 0.3 is 5.97 Å². The second-order valence-electron chi connectivity index (χ2n) is 7.96. The second-order valence-corrected chi connectivity index (χ2v) is 7.96. The maximum absolute atomic E-state index is 11.6. The van der Waals surface area contributed by atoms with Crippen LogP contribution in [0, 0.1) is 34.5 Å². The first-order chi connectivity index (χ1) is 8.54. The van der Waals surface area contributed by atoms with Gasteiger partial charge in [-0.1, -0.05) is 6.92 Å². The van der Waals surface area contributed by atoms with E-state index in [2.05, 4.69) is 6.92 Å². The van der Waals surface area contributed by atoms with Crippen LogP contribution in [0.15, 0.2) is 0 Å². The summed E-state index contributed by atoms with van der Waals surface area (Å²) in [6, 6.07) is 0. The van der Waals surface area contributed by atoms with Crippen LogP contribution in [-0.4, -0.2) is 11.1 Å². The van der Waals surface area contributed by atoms with Gasteiger partial charge in [0.05, 0.1) is 5.41 Å². The lowest BCUT2D eigenvalue weighted by atomic mass is 9.45. The molecule has 0 aliphatic heterocycles. The summed E-state index contributed by atoms with van der Waals surface area (Å²) in [6.45, 7) is 2.27. The van der Waals surface area contributed by atoms with E-state index in [9.17, 15) is 9.90 Å². The fourth-order valence-electron chi connectivity index (χ4n) is 6.26. The number of aliphatic carboxylic acids is 1. The third-order valence-corrected chi connectivity index (χ3v) is 7.05. The molecule has 0 spiro atoms. The molecule has 1 N–H and O–H groups in total. The van der Waals surface area contributed by atoms with Crippen molar-refractivity contribution in [1.29, 1.82) is 0 Å². The molecule has 0 saturated heterocycles. The van der Waals surface area contributed by atoms with Gasteiger partial charge in [0.15, 0.2) is 0 Å². The highest BCUT2D eigenvalue weighted by molar-refractivity contribution is 5.78. The van der Waals surface area contributed by atoms with Gasteiger partial charge in [0.1, 0.15) is 0 Å². The van der Waals surface area contributed by atoms with Crippen LogP contribution in [0.1, 0.15) is 58.3 Å². The molecule has 5 fully saturated rings. The smallest absolute Gasteiger partial charge is 0.309 e. The molecule has 1 unspecified atom stereocenters. The summed E-state index contributed by atoms with van der Waals surface area (Å²) in [6.07, 6.45) is 10.3. The fourth-order valence-corrected chi connectivity index (χ4v) is 6.26. The second kappa shape index (κ2) is 3.32. The maximum atomic E-state index is 11.6. The third kappa shape index (κ3) is 1.32. The third-order valence-electron chi connectivity index (χ3n) is 7.05. The van der Waals surface area contributed by atoms with E-state index in [0.717, 1.165) is 30.6 Å². The lowest BCUT2D eigenvalue weighted by Crippen LogP contribution is -2.51. The predicted octanol–water partition coefficient (Wildman–Crippen LogP) is 3.70. The molecule has 4 bridgehead atoms. The molecule has 0 radical (unpaired) electrons. The molecule has 0 aromatic rings. The van der Waals surface area contributed by atoms with Crippen LogP contribution in [0.5, 0.6) is 0 Å². The minimum atomic E-state index is -0.509. The Kier molecular flexibility index (Phi) is 2.08. The molecule has 18 heavy (non-hydrogen) atoms. The molecule has 1 atom stereocenters. The summed E-state index contributed by atoms with van der Waals surface area (Å²) in [7, 11) is 0. The Morgan fingerprint density at radius 1 is 1.06 bits per heavy atom. The van der Waals surface area contributed by atoms with Crippen molar-refractivity contribution < 1.29 is 9.90 Å². The van der Waals surface area contributed by atoms with Gasteiger partial charge in [-0.2, -0.15) is 0 Å². The van der Waals surface area contributed by atoms with Gasteiger partial charge in [0, 0.05) is 0 Å². The van der Waals surface area contributed by atoms with Gasteiger partial charge in [0.25, 0.3) is 0 Å². The summed E-state index contributed by atoms with van der Waals surface area (Å²) in [5, 5.41) is 9.58. The first-order valence-corrected chi connectivity index (χ1v) is 7.77. The largest absolute Gasteiger partial charge is 0.481 e. The van der Waals surface area contributed by atoms with Gasteiger partial charge in [-0.25, -0.2) is 0 Å². The van der Waals surface area contributed by atoms with E-state index in [1.165, 1.54) is 38.5 Å². The standard InChI is InChI=1S/C16H24O2/c1-10(16(2-3-16)14(17)18)15-7-11-4-12(8-15)6-13(5-11)9-15/h10-13H,2-9H2,1H3,(H,17,18). The van der Waals surface area contributed by atoms with Crippen molar-refractivity contribution in [3.8, 4) is 0 Å². The van der Waals surface area contributed by atoms with Crippen molar-refractivity contribution in [2.45, 2.75) is 58.3 Å². The molecular formula is C16H24O2. The van der Waals surface area contributed by atoms with Gasteiger partial charge < -0.3 is 5.11 Å². The fraction of sp³-hybridized carbons (Fsp3) is 0.938. The van der Waals surface area contributed by atoms with Crippen LogP contribution in [-0.2, 0) is 4.79 Å². The van der Waals surface area contributed by atoms with Crippen LogP contribution >= 0.6 is 0 Å². The summed E-state index contributed by atoms with van der Waals surface area (Å²) in [4.78, 5) is 11.6. The minimum Gasteiger partial charge on any atom is -0.481 e.